The lowest BCUT2D eigenvalue weighted by Gasteiger charge is -2.43. The Morgan fingerprint density at radius 2 is 1.88 bits per heavy atom. The van der Waals surface area contributed by atoms with Crippen LogP contribution in [0, 0.1) is 17.6 Å². The summed E-state index contributed by atoms with van der Waals surface area (Å²) in [6.07, 6.45) is 8.25. The summed E-state index contributed by atoms with van der Waals surface area (Å²) in [4.78, 5) is 2.64. The lowest BCUT2D eigenvalue weighted by atomic mass is 9.78. The van der Waals surface area contributed by atoms with E-state index < -0.39 is 0 Å². The van der Waals surface area contributed by atoms with Gasteiger partial charge in [-0.1, -0.05) is 37.1 Å². The second-order valence-electron chi connectivity index (χ2n) is 7.69. The molecular weight excluding hydrogens is 328 g/mol. The molecule has 0 radical (unpaired) electrons. The predicted octanol–water partition coefficient (Wildman–Crippen LogP) is 4.54. The number of hydrogen-bond donors (Lipinski definition) is 0. The van der Waals surface area contributed by atoms with Gasteiger partial charge in [-0.15, -0.1) is 0 Å². The third kappa shape index (κ3) is 3.20. The summed E-state index contributed by atoms with van der Waals surface area (Å²) in [5.74, 6) is 1.86. The van der Waals surface area contributed by atoms with E-state index in [-0.39, 0.29) is 0 Å². The highest BCUT2D eigenvalue weighted by atomic mass is 32.1. The van der Waals surface area contributed by atoms with Gasteiger partial charge >= 0.3 is 0 Å². The SMILES string of the molecule is Cc1ccccc1-c1nn(CN2CCC[C@H]3CCCC[C@@H]32)c(=S)n1C. The van der Waals surface area contributed by atoms with E-state index in [0.717, 1.165) is 29.2 Å². The van der Waals surface area contributed by atoms with E-state index in [1.54, 1.807) is 0 Å². The molecule has 1 aliphatic heterocycles. The number of aryl methyl sites for hydroxylation is 1. The van der Waals surface area contributed by atoms with Crippen LogP contribution in [0.3, 0.4) is 0 Å². The Kier molecular flexibility index (Phi) is 4.78. The molecule has 2 aliphatic rings. The first-order chi connectivity index (χ1) is 12.1. The lowest BCUT2D eigenvalue weighted by molar-refractivity contribution is 0.0323. The number of benzene rings is 1. The molecule has 0 amide bonds. The quantitative estimate of drug-likeness (QED) is 0.755. The van der Waals surface area contributed by atoms with Crippen molar-refractivity contribution < 1.29 is 0 Å². The van der Waals surface area contributed by atoms with Crippen LogP contribution in [0.2, 0.25) is 0 Å². The maximum atomic E-state index is 5.71. The predicted molar refractivity (Wildman–Crippen MR) is 104 cm³/mol. The molecule has 0 bridgehead atoms. The first-order valence-corrected chi connectivity index (χ1v) is 10.00. The standard InChI is InChI=1S/C20H28N4S/c1-15-8-3-5-11-17(15)19-21-24(20(25)22(19)2)14-23-13-7-10-16-9-4-6-12-18(16)23/h3,5,8,11,16,18H,4,6-7,9-10,12-14H2,1-2H3/t16-,18+/m1/s1. The average Bonchev–Trinajstić information content (AvgIpc) is 2.91. The van der Waals surface area contributed by atoms with Crippen LogP contribution in [-0.2, 0) is 13.7 Å². The smallest absolute Gasteiger partial charge is 0.199 e. The minimum Gasteiger partial charge on any atom is -0.303 e. The molecule has 0 unspecified atom stereocenters. The molecule has 25 heavy (non-hydrogen) atoms. The van der Waals surface area contributed by atoms with Crippen molar-refractivity contribution in [2.24, 2.45) is 13.0 Å². The molecule has 2 atom stereocenters. The number of likely N-dealkylation sites (tertiary alicyclic amines) is 1. The first kappa shape index (κ1) is 17.0. The minimum atomic E-state index is 0.730. The van der Waals surface area contributed by atoms with E-state index in [9.17, 15) is 0 Å². The fourth-order valence-corrected chi connectivity index (χ4v) is 4.90. The zero-order valence-electron chi connectivity index (χ0n) is 15.3. The Labute approximate surface area is 155 Å². The number of rotatable bonds is 3. The lowest BCUT2D eigenvalue weighted by Crippen LogP contribution is -2.47. The van der Waals surface area contributed by atoms with Crippen molar-refractivity contribution in [2.75, 3.05) is 6.54 Å². The van der Waals surface area contributed by atoms with Crippen LogP contribution in [0.1, 0.15) is 44.1 Å². The second-order valence-corrected chi connectivity index (χ2v) is 8.05. The molecule has 2 heterocycles. The van der Waals surface area contributed by atoms with Crippen molar-refractivity contribution >= 4 is 12.2 Å². The highest BCUT2D eigenvalue weighted by Gasteiger charge is 2.33. The number of nitrogens with zero attached hydrogens (tertiary/aromatic N) is 4. The van der Waals surface area contributed by atoms with Gasteiger partial charge in [-0.05, 0) is 56.3 Å². The molecule has 2 aromatic rings. The molecule has 0 N–H and O–H groups in total. The van der Waals surface area contributed by atoms with Crippen LogP contribution in [-0.4, -0.2) is 31.8 Å². The Morgan fingerprint density at radius 1 is 1.12 bits per heavy atom. The van der Waals surface area contributed by atoms with E-state index in [0.29, 0.717) is 0 Å². The third-order valence-electron chi connectivity index (χ3n) is 6.10. The maximum absolute atomic E-state index is 5.71. The highest BCUT2D eigenvalue weighted by Crippen LogP contribution is 2.35. The summed E-state index contributed by atoms with van der Waals surface area (Å²) in [6.45, 7) is 4.15. The van der Waals surface area contributed by atoms with Crippen LogP contribution in [0.15, 0.2) is 24.3 Å². The van der Waals surface area contributed by atoms with Gasteiger partial charge < -0.3 is 4.57 Å². The Balaban J connectivity index is 1.62. The van der Waals surface area contributed by atoms with Gasteiger partial charge in [-0.3, -0.25) is 4.90 Å². The van der Waals surface area contributed by atoms with Gasteiger partial charge in [-0.25, -0.2) is 4.68 Å². The molecule has 134 valence electrons. The van der Waals surface area contributed by atoms with E-state index in [4.69, 9.17) is 17.3 Å². The van der Waals surface area contributed by atoms with E-state index in [1.165, 1.54) is 56.2 Å². The summed E-state index contributed by atoms with van der Waals surface area (Å²) in [5.41, 5.74) is 2.41. The Hall–Kier alpha value is -1.46. The van der Waals surface area contributed by atoms with E-state index in [2.05, 4.69) is 40.7 Å². The second kappa shape index (κ2) is 7.04. The van der Waals surface area contributed by atoms with Crippen LogP contribution in [0.4, 0.5) is 0 Å². The van der Waals surface area contributed by atoms with Crippen molar-refractivity contribution in [1.29, 1.82) is 0 Å². The van der Waals surface area contributed by atoms with Gasteiger partial charge in [0.1, 0.15) is 0 Å². The van der Waals surface area contributed by atoms with Crippen molar-refractivity contribution in [3.8, 4) is 11.4 Å². The van der Waals surface area contributed by atoms with Crippen LogP contribution >= 0.6 is 12.2 Å². The van der Waals surface area contributed by atoms with Gasteiger partial charge in [0.2, 0.25) is 0 Å². The summed E-state index contributed by atoms with van der Waals surface area (Å²) < 4.78 is 4.91. The van der Waals surface area contributed by atoms with Gasteiger partial charge in [0.05, 0.1) is 6.67 Å². The van der Waals surface area contributed by atoms with Crippen LogP contribution in [0.25, 0.3) is 11.4 Å². The largest absolute Gasteiger partial charge is 0.303 e. The molecule has 4 nitrogen and oxygen atoms in total. The molecule has 5 heteroatoms. The number of piperidine rings is 1. The fraction of sp³-hybridized carbons (Fsp3) is 0.600. The normalized spacial score (nSPS) is 24.2. The van der Waals surface area contributed by atoms with Gasteiger partial charge in [-0.2, -0.15) is 5.10 Å². The zero-order chi connectivity index (χ0) is 17.4. The summed E-state index contributed by atoms with van der Waals surface area (Å²) in [6, 6.07) is 9.14. The highest BCUT2D eigenvalue weighted by molar-refractivity contribution is 7.71. The number of aromatic nitrogens is 3. The summed E-state index contributed by atoms with van der Waals surface area (Å²) in [7, 11) is 2.03. The average molecular weight is 357 g/mol. The van der Waals surface area contributed by atoms with E-state index in [1.807, 2.05) is 11.7 Å². The molecule has 1 saturated carbocycles. The summed E-state index contributed by atoms with van der Waals surface area (Å²) in [5, 5.41) is 4.91. The first-order valence-electron chi connectivity index (χ1n) is 9.59. The van der Waals surface area contributed by atoms with E-state index >= 15 is 0 Å². The Morgan fingerprint density at radius 3 is 2.72 bits per heavy atom. The monoisotopic (exact) mass is 356 g/mol. The summed E-state index contributed by atoms with van der Waals surface area (Å²) >= 11 is 5.71. The maximum Gasteiger partial charge on any atom is 0.199 e. The Bertz CT molecular complexity index is 804. The molecule has 2 fully saturated rings. The molecule has 0 spiro atoms. The number of hydrogen-bond acceptors (Lipinski definition) is 3. The van der Waals surface area contributed by atoms with Gasteiger partial charge in [0.15, 0.2) is 10.6 Å². The third-order valence-corrected chi connectivity index (χ3v) is 6.59. The number of fused-ring (bicyclic) bond motifs is 1. The topological polar surface area (TPSA) is 26.0 Å². The molecule has 1 saturated heterocycles. The molecule has 4 rings (SSSR count). The zero-order valence-corrected chi connectivity index (χ0v) is 16.1. The molecule has 1 aromatic heterocycles. The van der Waals surface area contributed by atoms with Gasteiger partial charge in [0, 0.05) is 25.2 Å². The van der Waals surface area contributed by atoms with Crippen molar-refractivity contribution in [3.05, 3.63) is 34.6 Å². The molecular formula is C20H28N4S. The van der Waals surface area contributed by atoms with Crippen LogP contribution < -0.4 is 0 Å². The van der Waals surface area contributed by atoms with Crippen molar-refractivity contribution in [2.45, 2.75) is 58.2 Å². The van der Waals surface area contributed by atoms with Gasteiger partial charge in [0.25, 0.3) is 0 Å². The molecule has 1 aliphatic carbocycles. The molecule has 1 aromatic carbocycles. The van der Waals surface area contributed by atoms with Crippen molar-refractivity contribution in [3.63, 3.8) is 0 Å². The fourth-order valence-electron chi connectivity index (χ4n) is 4.71. The van der Waals surface area contributed by atoms with Crippen LogP contribution in [0.5, 0.6) is 0 Å². The van der Waals surface area contributed by atoms with Crippen molar-refractivity contribution in [1.82, 2.24) is 19.2 Å². The minimum absolute atomic E-state index is 0.730.